The van der Waals surface area contributed by atoms with Crippen molar-refractivity contribution in [1.29, 1.82) is 0 Å². The van der Waals surface area contributed by atoms with E-state index >= 15 is 0 Å². The molecule has 0 fully saturated rings. The number of phenolic OH excluding ortho intramolecular Hbond substituents is 1. The Morgan fingerprint density at radius 1 is 1.06 bits per heavy atom. The highest BCUT2D eigenvalue weighted by molar-refractivity contribution is 5.52. The molecule has 0 aliphatic heterocycles. The van der Waals surface area contributed by atoms with E-state index in [-0.39, 0.29) is 18.4 Å². The molecule has 0 aliphatic rings. The molecule has 2 aromatic rings. The summed E-state index contributed by atoms with van der Waals surface area (Å²) in [5, 5.41) is 21.9. The van der Waals surface area contributed by atoms with Gasteiger partial charge in [0, 0.05) is 17.3 Å². The summed E-state index contributed by atoms with van der Waals surface area (Å²) in [7, 11) is 0. The predicted molar refractivity (Wildman–Crippen MR) is 72.5 cm³/mol. The number of phenols is 1. The van der Waals surface area contributed by atoms with E-state index in [0.29, 0.717) is 0 Å². The van der Waals surface area contributed by atoms with Gasteiger partial charge in [0.25, 0.3) is 0 Å². The van der Waals surface area contributed by atoms with Crippen LogP contribution in [0.25, 0.3) is 0 Å². The van der Waals surface area contributed by atoms with Crippen molar-refractivity contribution in [3.8, 4) is 5.75 Å². The third kappa shape index (κ3) is 2.81. The van der Waals surface area contributed by atoms with Crippen LogP contribution in [0.4, 0.5) is 5.69 Å². The molecule has 0 radical (unpaired) electrons. The molecule has 0 aromatic heterocycles. The lowest BCUT2D eigenvalue weighted by molar-refractivity contribution is 0.282. The van der Waals surface area contributed by atoms with Gasteiger partial charge in [-0.2, -0.15) is 0 Å². The van der Waals surface area contributed by atoms with Crippen molar-refractivity contribution in [2.24, 2.45) is 0 Å². The molecular formula is C15H17NO2. The fraction of sp³-hybridized carbons (Fsp3) is 0.200. The number of aliphatic hydroxyl groups excluding tert-OH is 1. The van der Waals surface area contributed by atoms with Crippen LogP contribution in [0.3, 0.4) is 0 Å². The van der Waals surface area contributed by atoms with Gasteiger partial charge in [-0.05, 0) is 30.7 Å². The van der Waals surface area contributed by atoms with Crippen LogP contribution in [0.1, 0.15) is 24.1 Å². The molecule has 1 unspecified atom stereocenters. The second kappa shape index (κ2) is 5.56. The minimum atomic E-state index is 0.0193. The van der Waals surface area contributed by atoms with Crippen LogP contribution in [0, 0.1) is 0 Å². The Balaban J connectivity index is 2.15. The third-order valence-corrected chi connectivity index (χ3v) is 2.95. The summed E-state index contributed by atoms with van der Waals surface area (Å²) in [5.41, 5.74) is 2.89. The lowest BCUT2D eigenvalue weighted by atomic mass is 10.1. The number of aromatic hydroxyl groups is 1. The van der Waals surface area contributed by atoms with Gasteiger partial charge in [-0.25, -0.2) is 0 Å². The van der Waals surface area contributed by atoms with Gasteiger partial charge in [-0.15, -0.1) is 0 Å². The highest BCUT2D eigenvalue weighted by Crippen LogP contribution is 2.23. The van der Waals surface area contributed by atoms with Crippen molar-refractivity contribution in [2.45, 2.75) is 19.6 Å². The van der Waals surface area contributed by atoms with Crippen LogP contribution in [0.5, 0.6) is 5.75 Å². The molecule has 94 valence electrons. The molecule has 0 amide bonds. The predicted octanol–water partition coefficient (Wildman–Crippen LogP) is 3.06. The molecule has 0 saturated carbocycles. The molecule has 1 atom stereocenters. The fourth-order valence-electron chi connectivity index (χ4n) is 1.88. The van der Waals surface area contributed by atoms with Crippen molar-refractivity contribution >= 4 is 5.69 Å². The number of hydrogen-bond donors (Lipinski definition) is 3. The van der Waals surface area contributed by atoms with Crippen LogP contribution < -0.4 is 5.32 Å². The molecule has 0 aliphatic carbocycles. The average Bonchev–Trinajstić information content (AvgIpc) is 2.40. The standard InChI is InChI=1S/C15H17NO2/c1-11(12-6-8-14(18)9-7-12)16-15-5-3-2-4-13(15)10-17/h2-9,11,16-18H,10H2,1H3. The highest BCUT2D eigenvalue weighted by Gasteiger charge is 2.07. The highest BCUT2D eigenvalue weighted by atomic mass is 16.3. The van der Waals surface area contributed by atoms with Crippen LogP contribution >= 0.6 is 0 Å². The lowest BCUT2D eigenvalue weighted by Gasteiger charge is -2.18. The zero-order valence-electron chi connectivity index (χ0n) is 10.3. The SMILES string of the molecule is CC(Nc1ccccc1CO)c1ccc(O)cc1. The Labute approximate surface area is 107 Å². The summed E-state index contributed by atoms with van der Waals surface area (Å²) in [4.78, 5) is 0. The van der Waals surface area contributed by atoms with Crippen molar-refractivity contribution < 1.29 is 10.2 Å². The Hall–Kier alpha value is -2.00. The number of rotatable bonds is 4. The Kier molecular flexibility index (Phi) is 3.85. The first-order chi connectivity index (χ1) is 8.70. The van der Waals surface area contributed by atoms with E-state index in [1.54, 1.807) is 12.1 Å². The van der Waals surface area contributed by atoms with Crippen LogP contribution in [-0.4, -0.2) is 10.2 Å². The lowest BCUT2D eigenvalue weighted by Crippen LogP contribution is -2.08. The molecule has 0 saturated heterocycles. The molecule has 0 heterocycles. The van der Waals surface area contributed by atoms with Gasteiger partial charge in [-0.1, -0.05) is 30.3 Å². The number of anilines is 1. The maximum atomic E-state index is 9.27. The largest absolute Gasteiger partial charge is 0.508 e. The van der Waals surface area contributed by atoms with Gasteiger partial charge < -0.3 is 15.5 Å². The van der Waals surface area contributed by atoms with E-state index in [2.05, 4.69) is 5.32 Å². The van der Waals surface area contributed by atoms with Gasteiger partial charge in [0.05, 0.1) is 6.61 Å². The second-order valence-corrected chi connectivity index (χ2v) is 4.27. The van der Waals surface area contributed by atoms with E-state index in [4.69, 9.17) is 0 Å². The summed E-state index contributed by atoms with van der Waals surface area (Å²) < 4.78 is 0. The Morgan fingerprint density at radius 3 is 2.39 bits per heavy atom. The van der Waals surface area contributed by atoms with E-state index < -0.39 is 0 Å². The summed E-state index contributed by atoms with van der Waals surface area (Å²) in [6.07, 6.45) is 0. The van der Waals surface area contributed by atoms with Gasteiger partial charge >= 0.3 is 0 Å². The van der Waals surface area contributed by atoms with Crippen molar-refractivity contribution in [1.82, 2.24) is 0 Å². The number of nitrogens with one attached hydrogen (secondary N) is 1. The second-order valence-electron chi connectivity index (χ2n) is 4.27. The van der Waals surface area contributed by atoms with Gasteiger partial charge in [-0.3, -0.25) is 0 Å². The summed E-state index contributed by atoms with van der Waals surface area (Å²) >= 11 is 0. The van der Waals surface area contributed by atoms with E-state index in [1.807, 2.05) is 43.3 Å². The molecule has 2 aromatic carbocycles. The van der Waals surface area contributed by atoms with Crippen molar-refractivity contribution in [2.75, 3.05) is 5.32 Å². The minimum absolute atomic E-state index is 0.0193. The maximum Gasteiger partial charge on any atom is 0.115 e. The molecule has 0 spiro atoms. The Bertz CT molecular complexity index is 508. The maximum absolute atomic E-state index is 9.27. The van der Waals surface area contributed by atoms with E-state index in [1.165, 1.54) is 0 Å². The quantitative estimate of drug-likeness (QED) is 0.773. The normalized spacial score (nSPS) is 12.1. The van der Waals surface area contributed by atoms with Crippen molar-refractivity contribution in [3.63, 3.8) is 0 Å². The molecule has 3 N–H and O–H groups in total. The summed E-state index contributed by atoms with van der Waals surface area (Å²) in [6, 6.07) is 14.9. The van der Waals surface area contributed by atoms with Crippen LogP contribution in [0.2, 0.25) is 0 Å². The smallest absolute Gasteiger partial charge is 0.115 e. The number of benzene rings is 2. The third-order valence-electron chi connectivity index (χ3n) is 2.95. The van der Waals surface area contributed by atoms with Crippen LogP contribution in [0.15, 0.2) is 48.5 Å². The molecule has 3 nitrogen and oxygen atoms in total. The first-order valence-electron chi connectivity index (χ1n) is 5.95. The van der Waals surface area contributed by atoms with Crippen molar-refractivity contribution in [3.05, 3.63) is 59.7 Å². The molecular weight excluding hydrogens is 226 g/mol. The summed E-state index contributed by atoms with van der Waals surface area (Å²) in [5.74, 6) is 0.265. The zero-order chi connectivity index (χ0) is 13.0. The van der Waals surface area contributed by atoms with Crippen LogP contribution in [-0.2, 0) is 6.61 Å². The number of aliphatic hydroxyl groups is 1. The molecule has 3 heteroatoms. The minimum Gasteiger partial charge on any atom is -0.508 e. The molecule has 18 heavy (non-hydrogen) atoms. The fourth-order valence-corrected chi connectivity index (χ4v) is 1.88. The molecule has 2 rings (SSSR count). The topological polar surface area (TPSA) is 52.5 Å². The Morgan fingerprint density at radius 2 is 1.72 bits per heavy atom. The van der Waals surface area contributed by atoms with E-state index in [0.717, 1.165) is 16.8 Å². The van der Waals surface area contributed by atoms with Gasteiger partial charge in [0.2, 0.25) is 0 Å². The number of hydrogen-bond acceptors (Lipinski definition) is 3. The van der Waals surface area contributed by atoms with Gasteiger partial charge in [0.1, 0.15) is 5.75 Å². The molecule has 0 bridgehead atoms. The zero-order valence-corrected chi connectivity index (χ0v) is 10.3. The van der Waals surface area contributed by atoms with Gasteiger partial charge in [0.15, 0.2) is 0 Å². The first kappa shape index (κ1) is 12.5. The number of para-hydroxylation sites is 1. The average molecular weight is 243 g/mol. The monoisotopic (exact) mass is 243 g/mol. The summed E-state index contributed by atoms with van der Waals surface area (Å²) in [6.45, 7) is 2.06. The first-order valence-corrected chi connectivity index (χ1v) is 5.95. The van der Waals surface area contributed by atoms with E-state index in [9.17, 15) is 10.2 Å².